The van der Waals surface area contributed by atoms with Gasteiger partial charge in [-0.25, -0.2) is 0 Å². The molecule has 1 atom stereocenters. The Kier molecular flexibility index (Phi) is 1.66. The molecule has 1 aromatic heterocycles. The van der Waals surface area contributed by atoms with E-state index in [1.807, 2.05) is 0 Å². The van der Waals surface area contributed by atoms with Crippen molar-refractivity contribution < 1.29 is 14.4 Å². The second-order valence-electron chi connectivity index (χ2n) is 1.88. The maximum absolute atomic E-state index is 10.3. The number of aromatic nitrogens is 2. The van der Waals surface area contributed by atoms with Crippen molar-refractivity contribution in [3.8, 4) is 0 Å². The van der Waals surface area contributed by atoms with Gasteiger partial charge in [-0.3, -0.25) is 4.79 Å². The highest BCUT2D eigenvalue weighted by molar-refractivity contribution is 5.74. The van der Waals surface area contributed by atoms with E-state index >= 15 is 0 Å². The van der Waals surface area contributed by atoms with Gasteiger partial charge in [0.1, 0.15) is 5.92 Å². The van der Waals surface area contributed by atoms with Gasteiger partial charge >= 0.3 is 5.97 Å². The molecule has 1 aromatic rings. The summed E-state index contributed by atoms with van der Waals surface area (Å²) in [6.45, 7) is 1.50. The number of nitrogens with zero attached hydrogens (tertiary/aromatic N) is 2. The number of carboxylic acids is 1. The summed E-state index contributed by atoms with van der Waals surface area (Å²) in [6, 6.07) is 0. The Balaban J connectivity index is 2.77. The highest BCUT2D eigenvalue weighted by Gasteiger charge is 2.17. The average Bonchev–Trinajstić information content (AvgIpc) is 2.36. The predicted octanol–water partition coefficient (Wildman–Crippen LogP) is 0.258. The van der Waals surface area contributed by atoms with Gasteiger partial charge in [0.15, 0.2) is 5.76 Å². The highest BCUT2D eigenvalue weighted by Crippen LogP contribution is 2.11. The number of rotatable bonds is 2. The smallest absolute Gasteiger partial charge is 0.314 e. The summed E-state index contributed by atoms with van der Waals surface area (Å²) in [5.41, 5.74) is 0. The lowest BCUT2D eigenvalue weighted by Crippen LogP contribution is -2.05. The van der Waals surface area contributed by atoms with E-state index in [9.17, 15) is 4.79 Å². The summed E-state index contributed by atoms with van der Waals surface area (Å²) in [5.74, 6) is -1.35. The minimum atomic E-state index is -0.946. The molecule has 0 spiro atoms. The first-order chi connectivity index (χ1) is 4.72. The van der Waals surface area contributed by atoms with Crippen molar-refractivity contribution in [1.29, 1.82) is 0 Å². The molecule has 0 aliphatic heterocycles. The van der Waals surface area contributed by atoms with E-state index in [2.05, 4.69) is 14.9 Å². The zero-order valence-corrected chi connectivity index (χ0v) is 5.31. The minimum Gasteiger partial charge on any atom is -0.481 e. The van der Waals surface area contributed by atoms with Crippen LogP contribution in [-0.2, 0) is 4.79 Å². The van der Waals surface area contributed by atoms with Crippen LogP contribution < -0.4 is 0 Å². The lowest BCUT2D eigenvalue weighted by molar-refractivity contribution is -0.138. The van der Waals surface area contributed by atoms with Crippen LogP contribution in [-0.4, -0.2) is 21.4 Å². The van der Waals surface area contributed by atoms with Crippen molar-refractivity contribution in [2.24, 2.45) is 0 Å². The third-order valence-electron chi connectivity index (χ3n) is 1.18. The van der Waals surface area contributed by atoms with Crippen molar-refractivity contribution in [3.05, 3.63) is 12.0 Å². The monoisotopic (exact) mass is 142 g/mol. The van der Waals surface area contributed by atoms with Crippen LogP contribution >= 0.6 is 0 Å². The Labute approximate surface area is 56.6 Å². The number of carboxylic acid groups (broad SMARTS) is 1. The Morgan fingerprint density at radius 2 is 2.60 bits per heavy atom. The van der Waals surface area contributed by atoms with Crippen LogP contribution in [0.15, 0.2) is 10.7 Å². The molecule has 1 heterocycles. The van der Waals surface area contributed by atoms with Crippen molar-refractivity contribution in [2.75, 3.05) is 0 Å². The van der Waals surface area contributed by atoms with Crippen molar-refractivity contribution in [3.63, 3.8) is 0 Å². The molecule has 0 bridgehead atoms. The van der Waals surface area contributed by atoms with E-state index in [0.29, 0.717) is 0 Å². The zero-order chi connectivity index (χ0) is 7.56. The summed E-state index contributed by atoms with van der Waals surface area (Å²) in [5, 5.41) is 14.9. The number of aliphatic carboxylic acids is 1. The minimum absolute atomic E-state index is 0.271. The summed E-state index contributed by atoms with van der Waals surface area (Å²) >= 11 is 0. The summed E-state index contributed by atoms with van der Waals surface area (Å²) in [6.07, 6.45) is 1.29. The lowest BCUT2D eigenvalue weighted by Gasteiger charge is -1.96. The molecule has 0 saturated carbocycles. The van der Waals surface area contributed by atoms with Crippen molar-refractivity contribution in [2.45, 2.75) is 12.8 Å². The number of carbonyl (C=O) groups is 1. The Morgan fingerprint density at radius 1 is 1.90 bits per heavy atom. The third-order valence-corrected chi connectivity index (χ3v) is 1.18. The van der Waals surface area contributed by atoms with Gasteiger partial charge in [-0.05, 0) is 6.92 Å². The van der Waals surface area contributed by atoms with Gasteiger partial charge in [-0.2, -0.15) is 0 Å². The lowest BCUT2D eigenvalue weighted by atomic mass is 10.1. The molecular weight excluding hydrogens is 136 g/mol. The van der Waals surface area contributed by atoms with Gasteiger partial charge < -0.3 is 9.63 Å². The molecule has 1 rings (SSSR count). The van der Waals surface area contributed by atoms with Gasteiger partial charge in [0.2, 0.25) is 0 Å². The summed E-state index contributed by atoms with van der Waals surface area (Å²) < 4.78 is 4.51. The van der Waals surface area contributed by atoms with Crippen molar-refractivity contribution >= 4 is 5.97 Å². The van der Waals surface area contributed by atoms with Gasteiger partial charge in [-0.1, -0.05) is 0 Å². The largest absolute Gasteiger partial charge is 0.481 e. The Bertz CT molecular complexity index is 219. The van der Waals surface area contributed by atoms with E-state index in [1.54, 1.807) is 0 Å². The molecule has 5 nitrogen and oxygen atoms in total. The molecule has 0 aromatic carbocycles. The molecule has 0 aliphatic carbocycles. The molecule has 5 heteroatoms. The molecule has 0 amide bonds. The molecule has 1 unspecified atom stereocenters. The highest BCUT2D eigenvalue weighted by atomic mass is 16.5. The second-order valence-corrected chi connectivity index (χ2v) is 1.88. The van der Waals surface area contributed by atoms with E-state index < -0.39 is 11.9 Å². The van der Waals surface area contributed by atoms with Crippen LogP contribution in [0.4, 0.5) is 0 Å². The summed E-state index contributed by atoms with van der Waals surface area (Å²) in [4.78, 5) is 10.3. The molecular formula is C5H6N2O3. The second kappa shape index (κ2) is 2.47. The van der Waals surface area contributed by atoms with Gasteiger partial charge in [0.25, 0.3) is 0 Å². The molecule has 1 N–H and O–H groups in total. The molecule has 0 fully saturated rings. The standard InChI is InChI=1S/C5H6N2O3/c1-3(5(8)9)4-2-6-7-10-4/h2-3H,1H3,(H,8,9). The Hall–Kier alpha value is -1.39. The SMILES string of the molecule is CC(C(=O)O)c1cnno1. The van der Waals surface area contributed by atoms with Gasteiger partial charge in [0.05, 0.1) is 6.20 Å². The van der Waals surface area contributed by atoms with Gasteiger partial charge in [0, 0.05) is 5.27 Å². The van der Waals surface area contributed by atoms with E-state index in [0.717, 1.165) is 0 Å². The maximum atomic E-state index is 10.3. The molecule has 54 valence electrons. The van der Waals surface area contributed by atoms with Crippen LogP contribution in [0.2, 0.25) is 0 Å². The molecule has 10 heavy (non-hydrogen) atoms. The fraction of sp³-hybridized carbons (Fsp3) is 0.400. The maximum Gasteiger partial charge on any atom is 0.314 e. The van der Waals surface area contributed by atoms with Crippen LogP contribution in [0.3, 0.4) is 0 Å². The van der Waals surface area contributed by atoms with Crippen LogP contribution in [0.1, 0.15) is 18.6 Å². The van der Waals surface area contributed by atoms with Crippen LogP contribution in [0.25, 0.3) is 0 Å². The predicted molar refractivity (Wildman–Crippen MR) is 30.3 cm³/mol. The topological polar surface area (TPSA) is 76.2 Å². The first kappa shape index (κ1) is 6.73. The zero-order valence-electron chi connectivity index (χ0n) is 5.31. The quantitative estimate of drug-likeness (QED) is 0.640. The van der Waals surface area contributed by atoms with Crippen molar-refractivity contribution in [1.82, 2.24) is 10.4 Å². The van der Waals surface area contributed by atoms with E-state index in [1.165, 1.54) is 13.1 Å². The average molecular weight is 142 g/mol. The number of hydrogen-bond donors (Lipinski definition) is 1. The molecule has 0 radical (unpaired) electrons. The van der Waals surface area contributed by atoms with Crippen LogP contribution in [0, 0.1) is 0 Å². The van der Waals surface area contributed by atoms with E-state index in [4.69, 9.17) is 5.11 Å². The number of hydrogen-bond acceptors (Lipinski definition) is 4. The third kappa shape index (κ3) is 1.12. The van der Waals surface area contributed by atoms with Crippen LogP contribution in [0.5, 0.6) is 0 Å². The van der Waals surface area contributed by atoms with Gasteiger partial charge in [-0.15, -0.1) is 5.10 Å². The fourth-order valence-corrected chi connectivity index (χ4v) is 0.487. The summed E-state index contributed by atoms with van der Waals surface area (Å²) in [7, 11) is 0. The normalized spacial score (nSPS) is 12.9. The Morgan fingerprint density at radius 3 is 3.00 bits per heavy atom. The molecule has 0 aliphatic rings. The van der Waals surface area contributed by atoms with E-state index in [-0.39, 0.29) is 5.76 Å². The molecule has 0 saturated heterocycles. The first-order valence-corrected chi connectivity index (χ1v) is 2.72. The first-order valence-electron chi connectivity index (χ1n) is 2.72. The fourth-order valence-electron chi connectivity index (χ4n) is 0.487.